The van der Waals surface area contributed by atoms with E-state index >= 15 is 0 Å². The molecule has 0 spiro atoms. The van der Waals surface area contributed by atoms with E-state index in [1.807, 2.05) is 6.07 Å². The maximum absolute atomic E-state index is 5.65. The first-order chi connectivity index (χ1) is 5.79. The van der Waals surface area contributed by atoms with E-state index in [0.717, 1.165) is 15.4 Å². The molecule has 2 N–H and O–H groups in total. The maximum atomic E-state index is 5.65. The van der Waals surface area contributed by atoms with Crippen molar-refractivity contribution in [2.75, 3.05) is 5.73 Å². The number of aromatic nitrogens is 2. The van der Waals surface area contributed by atoms with Gasteiger partial charge in [-0.2, -0.15) is 0 Å². The molecular formula is C8H6BrN3. The Bertz CT molecular complexity index is 428. The van der Waals surface area contributed by atoms with E-state index in [1.165, 1.54) is 0 Å². The predicted molar refractivity (Wildman–Crippen MR) is 51.7 cm³/mol. The third kappa shape index (κ3) is 1.04. The van der Waals surface area contributed by atoms with Crippen molar-refractivity contribution < 1.29 is 0 Å². The fourth-order valence-corrected chi connectivity index (χ4v) is 1.43. The Morgan fingerprint density at radius 3 is 3.00 bits per heavy atom. The summed E-state index contributed by atoms with van der Waals surface area (Å²) in [7, 11) is 0. The van der Waals surface area contributed by atoms with Crippen LogP contribution < -0.4 is 5.73 Å². The third-order valence-corrected chi connectivity index (χ3v) is 2.52. The lowest BCUT2D eigenvalue weighted by atomic mass is 10.2. The van der Waals surface area contributed by atoms with Crippen molar-refractivity contribution in [2.24, 2.45) is 0 Å². The molecule has 0 amide bonds. The van der Waals surface area contributed by atoms with Gasteiger partial charge in [0.25, 0.3) is 0 Å². The summed E-state index contributed by atoms with van der Waals surface area (Å²) in [5, 5.41) is 0.942. The molecule has 0 atom stereocenters. The number of nitrogens with zero attached hydrogens (tertiary/aromatic N) is 2. The largest absolute Gasteiger partial charge is 0.397 e. The highest BCUT2D eigenvalue weighted by Gasteiger charge is 2.01. The van der Waals surface area contributed by atoms with E-state index in [0.29, 0.717) is 5.69 Å². The van der Waals surface area contributed by atoms with Crippen molar-refractivity contribution in [2.45, 2.75) is 0 Å². The van der Waals surface area contributed by atoms with Crippen LogP contribution in [0.25, 0.3) is 10.9 Å². The summed E-state index contributed by atoms with van der Waals surface area (Å²) < 4.78 is 0.862. The molecule has 0 fully saturated rings. The fourth-order valence-electron chi connectivity index (χ4n) is 1.02. The summed E-state index contributed by atoms with van der Waals surface area (Å²) >= 11 is 3.38. The van der Waals surface area contributed by atoms with Gasteiger partial charge in [-0.05, 0) is 22.0 Å². The normalized spacial score (nSPS) is 10.4. The van der Waals surface area contributed by atoms with Crippen molar-refractivity contribution in [3.63, 3.8) is 0 Å². The SMILES string of the molecule is Nc1cnc2ccncc2c1Br. The number of halogens is 1. The molecule has 0 aliphatic heterocycles. The van der Waals surface area contributed by atoms with E-state index in [1.54, 1.807) is 18.6 Å². The molecule has 0 radical (unpaired) electrons. The molecule has 0 bridgehead atoms. The minimum absolute atomic E-state index is 0.635. The molecule has 2 aromatic rings. The molecule has 0 saturated carbocycles. The molecule has 60 valence electrons. The molecule has 2 heterocycles. The number of hydrogen-bond acceptors (Lipinski definition) is 3. The van der Waals surface area contributed by atoms with Crippen LogP contribution in [0, 0.1) is 0 Å². The average molecular weight is 224 g/mol. The summed E-state index contributed by atoms with van der Waals surface area (Å²) in [5.41, 5.74) is 7.18. The van der Waals surface area contributed by atoms with E-state index < -0.39 is 0 Å². The number of hydrogen-bond donors (Lipinski definition) is 1. The zero-order valence-electron chi connectivity index (χ0n) is 6.16. The van der Waals surface area contributed by atoms with Crippen LogP contribution in [0.15, 0.2) is 29.1 Å². The second-order valence-corrected chi connectivity index (χ2v) is 3.21. The third-order valence-electron chi connectivity index (χ3n) is 1.63. The highest BCUT2D eigenvalue weighted by atomic mass is 79.9. The molecular weight excluding hydrogens is 218 g/mol. The van der Waals surface area contributed by atoms with Gasteiger partial charge in [0.1, 0.15) is 0 Å². The molecule has 0 aliphatic carbocycles. The number of nitrogens with two attached hydrogens (primary N) is 1. The van der Waals surface area contributed by atoms with Crippen molar-refractivity contribution >= 4 is 32.5 Å². The second kappa shape index (κ2) is 2.71. The van der Waals surface area contributed by atoms with Crippen LogP contribution in [0.5, 0.6) is 0 Å². The lowest BCUT2D eigenvalue weighted by molar-refractivity contribution is 1.32. The van der Waals surface area contributed by atoms with Crippen LogP contribution in [0.1, 0.15) is 0 Å². The molecule has 3 nitrogen and oxygen atoms in total. The number of nitrogen functional groups attached to an aromatic ring is 1. The topological polar surface area (TPSA) is 51.8 Å². The van der Waals surface area contributed by atoms with Crippen LogP contribution in [0.4, 0.5) is 5.69 Å². The second-order valence-electron chi connectivity index (χ2n) is 2.42. The predicted octanol–water partition coefficient (Wildman–Crippen LogP) is 1.97. The Balaban J connectivity index is 2.91. The van der Waals surface area contributed by atoms with Gasteiger partial charge < -0.3 is 5.73 Å². The summed E-state index contributed by atoms with van der Waals surface area (Å²) in [6.07, 6.45) is 5.08. The summed E-state index contributed by atoms with van der Waals surface area (Å²) in [6.45, 7) is 0. The van der Waals surface area contributed by atoms with Crippen LogP contribution in [-0.2, 0) is 0 Å². The van der Waals surface area contributed by atoms with Gasteiger partial charge in [0.2, 0.25) is 0 Å². The van der Waals surface area contributed by atoms with Gasteiger partial charge in [-0.3, -0.25) is 9.97 Å². The van der Waals surface area contributed by atoms with Gasteiger partial charge in [-0.15, -0.1) is 0 Å². The van der Waals surface area contributed by atoms with Gasteiger partial charge in [0.15, 0.2) is 0 Å². The lowest BCUT2D eigenvalue weighted by Gasteiger charge is -2.00. The van der Waals surface area contributed by atoms with Gasteiger partial charge in [0.05, 0.1) is 21.9 Å². The Hall–Kier alpha value is -1.16. The van der Waals surface area contributed by atoms with Crippen LogP contribution >= 0.6 is 15.9 Å². The lowest BCUT2D eigenvalue weighted by Crippen LogP contribution is -1.90. The van der Waals surface area contributed by atoms with Crippen molar-refractivity contribution in [1.82, 2.24) is 9.97 Å². The highest BCUT2D eigenvalue weighted by molar-refractivity contribution is 9.10. The molecule has 2 rings (SSSR count). The van der Waals surface area contributed by atoms with Gasteiger partial charge >= 0.3 is 0 Å². The maximum Gasteiger partial charge on any atom is 0.0745 e. The first-order valence-electron chi connectivity index (χ1n) is 3.43. The molecule has 0 aromatic carbocycles. The van der Waals surface area contributed by atoms with Gasteiger partial charge in [-0.1, -0.05) is 0 Å². The Morgan fingerprint density at radius 2 is 2.17 bits per heavy atom. The molecule has 2 aromatic heterocycles. The first-order valence-corrected chi connectivity index (χ1v) is 4.22. The van der Waals surface area contributed by atoms with Gasteiger partial charge in [-0.25, -0.2) is 0 Å². The highest BCUT2D eigenvalue weighted by Crippen LogP contribution is 2.26. The number of anilines is 1. The van der Waals surface area contributed by atoms with Crippen molar-refractivity contribution in [3.8, 4) is 0 Å². The monoisotopic (exact) mass is 223 g/mol. The molecule has 12 heavy (non-hydrogen) atoms. The Labute approximate surface area is 77.8 Å². The van der Waals surface area contributed by atoms with E-state index in [-0.39, 0.29) is 0 Å². The molecule has 4 heteroatoms. The quantitative estimate of drug-likeness (QED) is 0.744. The van der Waals surface area contributed by atoms with E-state index in [4.69, 9.17) is 5.73 Å². The first kappa shape index (κ1) is 7.49. The van der Waals surface area contributed by atoms with E-state index in [9.17, 15) is 0 Å². The van der Waals surface area contributed by atoms with E-state index in [2.05, 4.69) is 25.9 Å². The fraction of sp³-hybridized carbons (Fsp3) is 0. The molecule has 0 unspecified atom stereocenters. The smallest absolute Gasteiger partial charge is 0.0745 e. The van der Waals surface area contributed by atoms with Gasteiger partial charge in [0, 0.05) is 17.8 Å². The molecule has 0 aliphatic rings. The summed E-state index contributed by atoms with van der Waals surface area (Å²) in [5.74, 6) is 0. The summed E-state index contributed by atoms with van der Waals surface area (Å²) in [6, 6.07) is 1.85. The number of rotatable bonds is 0. The zero-order chi connectivity index (χ0) is 8.55. The zero-order valence-corrected chi connectivity index (χ0v) is 7.75. The number of pyridine rings is 2. The summed E-state index contributed by atoms with van der Waals surface area (Å²) in [4.78, 5) is 8.14. The van der Waals surface area contributed by atoms with Crippen molar-refractivity contribution in [3.05, 3.63) is 29.1 Å². The Kier molecular flexibility index (Phi) is 1.69. The Morgan fingerprint density at radius 1 is 1.33 bits per heavy atom. The average Bonchev–Trinajstić information content (AvgIpc) is 2.12. The standard InChI is InChI=1S/C8H6BrN3/c9-8-5-3-11-2-1-7(5)12-4-6(8)10/h1-4H,10H2. The van der Waals surface area contributed by atoms with Crippen LogP contribution in [-0.4, -0.2) is 9.97 Å². The van der Waals surface area contributed by atoms with Crippen LogP contribution in [0.3, 0.4) is 0 Å². The number of fused-ring (bicyclic) bond motifs is 1. The molecule has 0 saturated heterocycles. The minimum Gasteiger partial charge on any atom is -0.397 e. The van der Waals surface area contributed by atoms with Crippen LogP contribution in [0.2, 0.25) is 0 Å². The van der Waals surface area contributed by atoms with Crippen molar-refractivity contribution in [1.29, 1.82) is 0 Å². The minimum atomic E-state index is 0.635.